The van der Waals surface area contributed by atoms with Crippen molar-refractivity contribution in [1.82, 2.24) is 5.32 Å². The maximum Gasteiger partial charge on any atom is 0.0591 e. The minimum atomic E-state index is 0.811. The van der Waals surface area contributed by atoms with E-state index in [1.807, 2.05) is 11.3 Å². The molecule has 2 aliphatic rings. The number of ether oxygens (including phenoxy) is 1. The second-order valence-electron chi connectivity index (χ2n) is 5.60. The normalized spacial score (nSPS) is 19.6. The smallest absolute Gasteiger partial charge is 0.0591 e. The van der Waals surface area contributed by atoms with E-state index in [0.717, 1.165) is 44.1 Å². The van der Waals surface area contributed by atoms with E-state index in [9.17, 15) is 0 Å². The molecule has 3 heteroatoms. The molecular formula is C15H23NOS. The Labute approximate surface area is 114 Å². The second-order valence-corrected chi connectivity index (χ2v) is 6.63. The van der Waals surface area contributed by atoms with Crippen molar-refractivity contribution >= 4 is 11.3 Å². The van der Waals surface area contributed by atoms with E-state index in [4.69, 9.17) is 4.74 Å². The zero-order valence-corrected chi connectivity index (χ0v) is 11.8. The van der Waals surface area contributed by atoms with E-state index < -0.39 is 0 Å². The van der Waals surface area contributed by atoms with Gasteiger partial charge in [-0.25, -0.2) is 0 Å². The van der Waals surface area contributed by atoms with Gasteiger partial charge in [-0.15, -0.1) is 11.3 Å². The van der Waals surface area contributed by atoms with Crippen molar-refractivity contribution in [2.75, 3.05) is 19.8 Å². The summed E-state index contributed by atoms with van der Waals surface area (Å²) in [6, 6.07) is 5.10. The first-order valence-electron chi connectivity index (χ1n) is 7.27. The van der Waals surface area contributed by atoms with Gasteiger partial charge in [-0.2, -0.15) is 0 Å². The third kappa shape index (κ3) is 3.81. The Hall–Kier alpha value is -0.380. The molecule has 0 saturated heterocycles. The quantitative estimate of drug-likeness (QED) is 0.693. The van der Waals surface area contributed by atoms with Crippen molar-refractivity contribution in [2.45, 2.75) is 38.1 Å². The summed E-state index contributed by atoms with van der Waals surface area (Å²) in [5.41, 5.74) is 0. The van der Waals surface area contributed by atoms with Gasteiger partial charge in [0.1, 0.15) is 0 Å². The highest BCUT2D eigenvalue weighted by atomic mass is 32.1. The molecular weight excluding hydrogens is 242 g/mol. The number of nitrogens with one attached hydrogen (secondary N) is 1. The topological polar surface area (TPSA) is 21.3 Å². The summed E-state index contributed by atoms with van der Waals surface area (Å²) in [7, 11) is 0. The summed E-state index contributed by atoms with van der Waals surface area (Å²) in [6.07, 6.45) is 6.87. The third-order valence-corrected chi connectivity index (χ3v) is 4.90. The van der Waals surface area contributed by atoms with Gasteiger partial charge in [0.05, 0.1) is 13.2 Å². The minimum Gasteiger partial charge on any atom is -0.380 e. The van der Waals surface area contributed by atoms with Crippen LogP contribution < -0.4 is 5.32 Å². The Bertz CT molecular complexity index is 331. The molecule has 3 rings (SSSR count). The highest BCUT2D eigenvalue weighted by Gasteiger charge is 2.40. The number of thiophene rings is 1. The molecule has 1 N–H and O–H groups in total. The van der Waals surface area contributed by atoms with E-state index >= 15 is 0 Å². The number of hydrogen-bond donors (Lipinski definition) is 1. The molecule has 0 spiro atoms. The van der Waals surface area contributed by atoms with Gasteiger partial charge in [-0.1, -0.05) is 6.07 Å². The van der Waals surface area contributed by atoms with E-state index in [1.54, 1.807) is 0 Å². The molecule has 0 aromatic carbocycles. The van der Waals surface area contributed by atoms with Gasteiger partial charge in [-0.05, 0) is 49.0 Å². The monoisotopic (exact) mass is 265 g/mol. The summed E-state index contributed by atoms with van der Waals surface area (Å²) in [4.78, 5) is 1.43. The van der Waals surface area contributed by atoms with Crippen LogP contribution in [0.25, 0.3) is 0 Å². The average Bonchev–Trinajstić information content (AvgIpc) is 3.30. The average molecular weight is 265 g/mol. The van der Waals surface area contributed by atoms with Crippen LogP contribution in [0.1, 0.15) is 30.6 Å². The van der Waals surface area contributed by atoms with Crippen molar-refractivity contribution in [1.29, 1.82) is 0 Å². The van der Waals surface area contributed by atoms with Crippen molar-refractivity contribution in [3.05, 3.63) is 22.4 Å². The molecule has 18 heavy (non-hydrogen) atoms. The highest BCUT2D eigenvalue weighted by molar-refractivity contribution is 7.09. The lowest BCUT2D eigenvalue weighted by molar-refractivity contribution is 0.135. The molecule has 2 fully saturated rings. The molecule has 1 heterocycles. The van der Waals surface area contributed by atoms with Crippen molar-refractivity contribution in [3.8, 4) is 0 Å². The maximum absolute atomic E-state index is 5.70. The van der Waals surface area contributed by atoms with Gasteiger partial charge in [0, 0.05) is 23.9 Å². The van der Waals surface area contributed by atoms with Gasteiger partial charge in [0.2, 0.25) is 0 Å². The Morgan fingerprint density at radius 2 is 2.00 bits per heavy atom. The molecule has 1 aromatic rings. The van der Waals surface area contributed by atoms with Crippen molar-refractivity contribution < 1.29 is 4.74 Å². The van der Waals surface area contributed by atoms with Crippen molar-refractivity contribution in [2.24, 2.45) is 11.8 Å². The highest BCUT2D eigenvalue weighted by Crippen LogP contribution is 2.44. The molecule has 1 aromatic heterocycles. The van der Waals surface area contributed by atoms with E-state index in [-0.39, 0.29) is 0 Å². The van der Waals surface area contributed by atoms with Crippen LogP contribution in [-0.4, -0.2) is 25.8 Å². The predicted octanol–water partition coefficient (Wildman–Crippen LogP) is 3.09. The van der Waals surface area contributed by atoms with Gasteiger partial charge in [-0.3, -0.25) is 0 Å². The molecule has 0 atom stereocenters. The molecule has 2 saturated carbocycles. The van der Waals surface area contributed by atoms with E-state index in [0.29, 0.717) is 0 Å². The van der Waals surface area contributed by atoms with Crippen LogP contribution in [0.4, 0.5) is 0 Å². The van der Waals surface area contributed by atoms with Crippen LogP contribution in [0.2, 0.25) is 0 Å². The van der Waals surface area contributed by atoms with Crippen molar-refractivity contribution in [3.63, 3.8) is 0 Å². The third-order valence-electron chi connectivity index (χ3n) is 3.96. The molecule has 0 aliphatic heterocycles. The van der Waals surface area contributed by atoms with Crippen LogP contribution in [0.5, 0.6) is 0 Å². The zero-order chi connectivity index (χ0) is 12.2. The fourth-order valence-corrected chi connectivity index (χ4v) is 3.35. The SMILES string of the molecule is c1csc(CCOCCNC(C2CC2)C2CC2)c1. The molecule has 0 radical (unpaired) electrons. The van der Waals surface area contributed by atoms with Gasteiger partial charge in [0.25, 0.3) is 0 Å². The van der Waals surface area contributed by atoms with E-state index in [2.05, 4.69) is 22.8 Å². The fourth-order valence-electron chi connectivity index (χ4n) is 2.66. The largest absolute Gasteiger partial charge is 0.380 e. The molecule has 0 bridgehead atoms. The lowest BCUT2D eigenvalue weighted by Crippen LogP contribution is -2.35. The molecule has 2 nitrogen and oxygen atoms in total. The Kier molecular flexibility index (Phi) is 4.34. The van der Waals surface area contributed by atoms with E-state index in [1.165, 1.54) is 30.6 Å². The van der Waals surface area contributed by atoms with Crippen LogP contribution in [0.15, 0.2) is 17.5 Å². The summed E-state index contributed by atoms with van der Waals surface area (Å²) >= 11 is 1.82. The lowest BCUT2D eigenvalue weighted by Gasteiger charge is -2.17. The first-order valence-corrected chi connectivity index (χ1v) is 8.15. The summed E-state index contributed by atoms with van der Waals surface area (Å²) in [6.45, 7) is 2.75. The van der Waals surface area contributed by atoms with Gasteiger partial charge in [0.15, 0.2) is 0 Å². The summed E-state index contributed by atoms with van der Waals surface area (Å²) in [5, 5.41) is 5.85. The van der Waals surface area contributed by atoms with Gasteiger partial charge >= 0.3 is 0 Å². The lowest BCUT2D eigenvalue weighted by atomic mass is 10.1. The summed E-state index contributed by atoms with van der Waals surface area (Å²) < 4.78 is 5.70. The van der Waals surface area contributed by atoms with Crippen LogP contribution in [-0.2, 0) is 11.2 Å². The Balaban J connectivity index is 1.24. The van der Waals surface area contributed by atoms with Crippen LogP contribution in [0.3, 0.4) is 0 Å². The number of hydrogen-bond acceptors (Lipinski definition) is 3. The Morgan fingerprint density at radius 3 is 2.61 bits per heavy atom. The van der Waals surface area contributed by atoms with Crippen LogP contribution >= 0.6 is 11.3 Å². The van der Waals surface area contributed by atoms with Crippen LogP contribution in [0, 0.1) is 11.8 Å². The fraction of sp³-hybridized carbons (Fsp3) is 0.733. The number of rotatable bonds is 9. The standard InChI is InChI=1S/C15H23NOS/c1-2-14(18-11-1)7-9-17-10-8-16-15(12-3-4-12)13-5-6-13/h1-2,11-13,15-16H,3-10H2. The first-order chi connectivity index (χ1) is 8.93. The minimum absolute atomic E-state index is 0.811. The summed E-state index contributed by atoms with van der Waals surface area (Å²) in [5.74, 6) is 1.98. The second kappa shape index (κ2) is 6.18. The maximum atomic E-state index is 5.70. The Morgan fingerprint density at radius 1 is 1.22 bits per heavy atom. The zero-order valence-electron chi connectivity index (χ0n) is 10.9. The predicted molar refractivity (Wildman–Crippen MR) is 76.1 cm³/mol. The molecule has 0 amide bonds. The van der Waals surface area contributed by atoms with Gasteiger partial charge < -0.3 is 10.1 Å². The first kappa shape index (κ1) is 12.6. The molecule has 100 valence electrons. The molecule has 0 unspecified atom stereocenters. The molecule has 2 aliphatic carbocycles.